The molecule has 0 aliphatic rings. The van der Waals surface area contributed by atoms with Crippen LogP contribution in [0.15, 0.2) is 23.2 Å². The van der Waals surface area contributed by atoms with Crippen molar-refractivity contribution in [3.8, 4) is 0 Å². The number of pyridine rings is 1. The molecular formula is C14H25N3O3S. The van der Waals surface area contributed by atoms with Crippen LogP contribution in [0.2, 0.25) is 0 Å². The van der Waals surface area contributed by atoms with Gasteiger partial charge in [0.15, 0.2) is 0 Å². The minimum atomic E-state index is -3.59. The van der Waals surface area contributed by atoms with E-state index < -0.39 is 10.0 Å². The summed E-state index contributed by atoms with van der Waals surface area (Å²) < 4.78 is 26.6. The molecule has 120 valence electrons. The summed E-state index contributed by atoms with van der Waals surface area (Å²) in [6.45, 7) is 5.12. The standard InChI is InChI=1S/C14H25N3O3S/c1-3-5-9-17(10-11-18)21(19,20)13-6-8-16-14(12-13)15-7-4-2/h6,8,12,18H,3-5,7,9-11H2,1-2H3,(H,15,16). The van der Waals surface area contributed by atoms with Gasteiger partial charge >= 0.3 is 0 Å². The number of aliphatic hydroxyl groups is 1. The van der Waals surface area contributed by atoms with Gasteiger partial charge in [0.25, 0.3) is 0 Å². The molecule has 7 heteroatoms. The number of anilines is 1. The molecule has 0 radical (unpaired) electrons. The van der Waals surface area contributed by atoms with Crippen LogP contribution in [-0.4, -0.2) is 49.1 Å². The van der Waals surface area contributed by atoms with Gasteiger partial charge in [-0.2, -0.15) is 4.31 Å². The van der Waals surface area contributed by atoms with Crippen LogP contribution in [0.25, 0.3) is 0 Å². The summed E-state index contributed by atoms with van der Waals surface area (Å²) in [5.74, 6) is 0.553. The quantitative estimate of drug-likeness (QED) is 0.686. The Kier molecular flexibility index (Phi) is 7.63. The van der Waals surface area contributed by atoms with Crippen LogP contribution < -0.4 is 5.32 Å². The van der Waals surface area contributed by atoms with E-state index in [1.54, 1.807) is 6.07 Å². The van der Waals surface area contributed by atoms with Gasteiger partial charge in [0.2, 0.25) is 10.0 Å². The van der Waals surface area contributed by atoms with Gasteiger partial charge in [0, 0.05) is 31.9 Å². The van der Waals surface area contributed by atoms with Crippen molar-refractivity contribution in [2.24, 2.45) is 0 Å². The number of unbranched alkanes of at least 4 members (excludes halogenated alkanes) is 1. The van der Waals surface area contributed by atoms with Crippen LogP contribution in [0.1, 0.15) is 33.1 Å². The summed E-state index contributed by atoms with van der Waals surface area (Å²) in [7, 11) is -3.59. The molecule has 0 atom stereocenters. The summed E-state index contributed by atoms with van der Waals surface area (Å²) in [6.07, 6.45) is 4.09. The lowest BCUT2D eigenvalue weighted by Crippen LogP contribution is -2.34. The van der Waals surface area contributed by atoms with Crippen LogP contribution in [-0.2, 0) is 10.0 Å². The van der Waals surface area contributed by atoms with Crippen molar-refractivity contribution in [1.29, 1.82) is 0 Å². The van der Waals surface area contributed by atoms with E-state index in [9.17, 15) is 8.42 Å². The summed E-state index contributed by atoms with van der Waals surface area (Å²) in [5, 5.41) is 12.2. The summed E-state index contributed by atoms with van der Waals surface area (Å²) in [5.41, 5.74) is 0. The number of sulfonamides is 1. The molecule has 0 fully saturated rings. The van der Waals surface area contributed by atoms with Gasteiger partial charge in [0.05, 0.1) is 11.5 Å². The van der Waals surface area contributed by atoms with Crippen molar-refractivity contribution in [3.05, 3.63) is 18.3 Å². The van der Waals surface area contributed by atoms with E-state index in [0.717, 1.165) is 25.8 Å². The van der Waals surface area contributed by atoms with Crippen molar-refractivity contribution in [3.63, 3.8) is 0 Å². The highest BCUT2D eigenvalue weighted by Crippen LogP contribution is 2.18. The Morgan fingerprint density at radius 1 is 1.29 bits per heavy atom. The molecule has 21 heavy (non-hydrogen) atoms. The first-order chi connectivity index (χ1) is 10.1. The Morgan fingerprint density at radius 3 is 2.67 bits per heavy atom. The molecule has 1 rings (SSSR count). The Balaban J connectivity index is 2.97. The maximum absolute atomic E-state index is 12.6. The van der Waals surface area contributed by atoms with E-state index in [0.29, 0.717) is 12.4 Å². The van der Waals surface area contributed by atoms with Gasteiger partial charge in [-0.3, -0.25) is 0 Å². The van der Waals surface area contributed by atoms with Gasteiger partial charge in [-0.15, -0.1) is 0 Å². The number of nitrogens with one attached hydrogen (secondary N) is 1. The zero-order valence-electron chi connectivity index (χ0n) is 12.7. The third-order valence-electron chi connectivity index (χ3n) is 3.04. The van der Waals surface area contributed by atoms with Crippen LogP contribution >= 0.6 is 0 Å². The molecule has 1 heterocycles. The molecule has 0 aliphatic heterocycles. The lowest BCUT2D eigenvalue weighted by Gasteiger charge is -2.21. The van der Waals surface area contributed by atoms with Crippen molar-refractivity contribution in [1.82, 2.24) is 9.29 Å². The highest BCUT2D eigenvalue weighted by molar-refractivity contribution is 7.89. The highest BCUT2D eigenvalue weighted by Gasteiger charge is 2.23. The third kappa shape index (κ3) is 5.26. The topological polar surface area (TPSA) is 82.5 Å². The first kappa shape index (κ1) is 17.9. The van der Waals surface area contributed by atoms with E-state index >= 15 is 0 Å². The maximum Gasteiger partial charge on any atom is 0.243 e. The average Bonchev–Trinajstić information content (AvgIpc) is 2.49. The summed E-state index contributed by atoms with van der Waals surface area (Å²) in [4.78, 5) is 4.32. The molecule has 6 nitrogen and oxygen atoms in total. The largest absolute Gasteiger partial charge is 0.395 e. The monoisotopic (exact) mass is 315 g/mol. The Morgan fingerprint density at radius 2 is 2.05 bits per heavy atom. The number of aliphatic hydroxyl groups excluding tert-OH is 1. The van der Waals surface area contributed by atoms with E-state index in [-0.39, 0.29) is 18.0 Å². The third-order valence-corrected chi connectivity index (χ3v) is 4.93. The smallest absolute Gasteiger partial charge is 0.243 e. The molecule has 1 aromatic rings. The first-order valence-electron chi connectivity index (χ1n) is 7.37. The normalized spacial score (nSPS) is 11.8. The van der Waals surface area contributed by atoms with Gasteiger partial charge in [-0.05, 0) is 18.9 Å². The second-order valence-corrected chi connectivity index (χ2v) is 6.72. The minimum Gasteiger partial charge on any atom is -0.395 e. The fourth-order valence-electron chi connectivity index (χ4n) is 1.87. The van der Waals surface area contributed by atoms with Gasteiger partial charge in [-0.1, -0.05) is 20.3 Å². The fraction of sp³-hybridized carbons (Fsp3) is 0.643. The van der Waals surface area contributed by atoms with Crippen molar-refractivity contribution in [2.45, 2.75) is 38.0 Å². The SMILES string of the molecule is CCCCN(CCO)S(=O)(=O)c1ccnc(NCCC)c1. The number of aromatic nitrogens is 1. The van der Waals surface area contributed by atoms with Crippen LogP contribution in [0.5, 0.6) is 0 Å². The zero-order chi connectivity index (χ0) is 15.7. The van der Waals surface area contributed by atoms with Crippen LogP contribution in [0.4, 0.5) is 5.82 Å². The molecule has 0 spiro atoms. The van der Waals surface area contributed by atoms with Crippen LogP contribution in [0, 0.1) is 0 Å². The predicted octanol–water partition coefficient (Wildman–Crippen LogP) is 1.69. The lowest BCUT2D eigenvalue weighted by atomic mass is 10.3. The fourth-order valence-corrected chi connectivity index (χ4v) is 3.35. The van der Waals surface area contributed by atoms with E-state index in [4.69, 9.17) is 5.11 Å². The second kappa shape index (κ2) is 8.96. The maximum atomic E-state index is 12.6. The van der Waals surface area contributed by atoms with Gasteiger partial charge in [0.1, 0.15) is 5.82 Å². The van der Waals surface area contributed by atoms with Gasteiger partial charge < -0.3 is 10.4 Å². The van der Waals surface area contributed by atoms with Crippen molar-refractivity contribution in [2.75, 3.05) is 31.6 Å². The molecule has 0 amide bonds. The number of hydrogen-bond acceptors (Lipinski definition) is 5. The van der Waals surface area contributed by atoms with E-state index in [2.05, 4.69) is 10.3 Å². The number of nitrogens with zero attached hydrogens (tertiary/aromatic N) is 2. The molecular weight excluding hydrogens is 290 g/mol. The Bertz CT molecular complexity index is 520. The molecule has 0 unspecified atom stereocenters. The Labute approximate surface area is 127 Å². The number of rotatable bonds is 10. The van der Waals surface area contributed by atoms with Crippen molar-refractivity contribution >= 4 is 15.8 Å². The molecule has 1 aromatic heterocycles. The van der Waals surface area contributed by atoms with Gasteiger partial charge in [-0.25, -0.2) is 13.4 Å². The first-order valence-corrected chi connectivity index (χ1v) is 8.81. The average molecular weight is 315 g/mol. The zero-order valence-corrected chi connectivity index (χ0v) is 13.6. The molecule has 0 bridgehead atoms. The summed E-state index contributed by atoms with van der Waals surface area (Å²) >= 11 is 0. The highest BCUT2D eigenvalue weighted by atomic mass is 32.2. The lowest BCUT2D eigenvalue weighted by molar-refractivity contribution is 0.252. The molecule has 0 saturated carbocycles. The molecule has 0 saturated heterocycles. The Hall–Kier alpha value is -1.18. The molecule has 0 aromatic carbocycles. The van der Waals surface area contributed by atoms with E-state index in [1.165, 1.54) is 16.6 Å². The second-order valence-electron chi connectivity index (χ2n) is 4.78. The predicted molar refractivity (Wildman–Crippen MR) is 83.8 cm³/mol. The van der Waals surface area contributed by atoms with E-state index in [1.807, 2.05) is 13.8 Å². The number of hydrogen-bond donors (Lipinski definition) is 2. The summed E-state index contributed by atoms with van der Waals surface area (Å²) in [6, 6.07) is 3.03. The minimum absolute atomic E-state index is 0.113. The van der Waals surface area contributed by atoms with Crippen LogP contribution in [0.3, 0.4) is 0 Å². The molecule has 0 aliphatic carbocycles. The molecule has 2 N–H and O–H groups in total. The van der Waals surface area contributed by atoms with Crippen molar-refractivity contribution < 1.29 is 13.5 Å².